The van der Waals surface area contributed by atoms with E-state index in [-0.39, 0.29) is 18.7 Å². The van der Waals surface area contributed by atoms with Crippen LogP contribution in [0.2, 0.25) is 5.82 Å². The average Bonchev–Trinajstić information content (AvgIpc) is 2.71. The molecular weight excluding hydrogens is 409 g/mol. The lowest BCUT2D eigenvalue weighted by Gasteiger charge is -2.32. The summed E-state index contributed by atoms with van der Waals surface area (Å²) in [6, 6.07) is 4.87. The van der Waals surface area contributed by atoms with Crippen molar-refractivity contribution >= 4 is 35.9 Å². The molecule has 9 nitrogen and oxygen atoms in total. The van der Waals surface area contributed by atoms with Gasteiger partial charge in [-0.25, -0.2) is 13.2 Å². The monoisotopic (exact) mass is 435 g/mol. The number of ketones is 1. The molecule has 0 spiro atoms. The maximum atomic E-state index is 12.7. The molecule has 162 valence electrons. The van der Waals surface area contributed by atoms with Crippen molar-refractivity contribution in [3.05, 3.63) is 29.3 Å². The lowest BCUT2D eigenvalue weighted by molar-refractivity contribution is -0.152. The maximum Gasteiger partial charge on any atom is 0.526 e. The van der Waals surface area contributed by atoms with E-state index in [1.54, 1.807) is 13.8 Å². The molecule has 2 aliphatic heterocycles. The number of benzene rings is 1. The third-order valence-electron chi connectivity index (χ3n) is 5.49. The molecule has 0 bridgehead atoms. The molecule has 1 aromatic carbocycles. The molecule has 3 atom stereocenters. The second-order valence-corrected chi connectivity index (χ2v) is 8.76. The number of amides is 2. The number of aryl methyl sites for hydroxylation is 1. The van der Waals surface area contributed by atoms with Crippen molar-refractivity contribution in [1.82, 2.24) is 13.9 Å². The molecule has 0 radical (unpaired) electrons. The Morgan fingerprint density at radius 3 is 2.80 bits per heavy atom. The third-order valence-corrected chi connectivity index (χ3v) is 6.80. The topological polar surface area (TPSA) is 116 Å². The van der Waals surface area contributed by atoms with Gasteiger partial charge in [0, 0.05) is 25.3 Å². The second kappa shape index (κ2) is 9.28. The van der Waals surface area contributed by atoms with E-state index in [9.17, 15) is 23.6 Å². The number of piperazine rings is 1. The van der Waals surface area contributed by atoms with Gasteiger partial charge in [0.15, 0.2) is 11.2 Å². The van der Waals surface area contributed by atoms with Crippen LogP contribution in [-0.2, 0) is 32.0 Å². The van der Waals surface area contributed by atoms with E-state index in [2.05, 4.69) is 4.72 Å². The van der Waals surface area contributed by atoms with Crippen molar-refractivity contribution < 1.29 is 28.3 Å². The molecule has 11 heteroatoms. The summed E-state index contributed by atoms with van der Waals surface area (Å²) in [5.41, 5.74) is 1.85. The lowest BCUT2D eigenvalue weighted by Crippen LogP contribution is -2.57. The number of nitrogens with zero attached hydrogens (tertiary/aromatic N) is 2. The van der Waals surface area contributed by atoms with E-state index in [1.165, 1.54) is 4.90 Å². The van der Waals surface area contributed by atoms with Crippen molar-refractivity contribution in [2.24, 2.45) is 0 Å². The molecular formula is C19H26BN3O6S. The minimum absolute atomic E-state index is 0.0242. The molecule has 2 amide bonds. The van der Waals surface area contributed by atoms with Crippen LogP contribution in [0.1, 0.15) is 31.4 Å². The van der Waals surface area contributed by atoms with Crippen LogP contribution in [0.4, 0.5) is 0 Å². The van der Waals surface area contributed by atoms with Gasteiger partial charge >= 0.3 is 18.9 Å². The minimum atomic E-state index is -2.01. The fraction of sp³-hybridized carbons (Fsp3) is 0.526. The zero-order chi connectivity index (χ0) is 22.0. The lowest BCUT2D eigenvalue weighted by atomic mass is 9.64. The van der Waals surface area contributed by atoms with Gasteiger partial charge in [-0.3, -0.25) is 14.4 Å². The van der Waals surface area contributed by atoms with Gasteiger partial charge < -0.3 is 14.6 Å². The van der Waals surface area contributed by atoms with E-state index in [0.29, 0.717) is 25.3 Å². The summed E-state index contributed by atoms with van der Waals surface area (Å²) in [6.07, 6.45) is 0.516. The fourth-order valence-corrected chi connectivity index (χ4v) is 4.69. The first-order chi connectivity index (χ1) is 14.2. The van der Waals surface area contributed by atoms with Crippen LogP contribution in [0.25, 0.3) is 0 Å². The first-order valence-corrected chi connectivity index (χ1v) is 11.1. The van der Waals surface area contributed by atoms with E-state index in [0.717, 1.165) is 15.4 Å². The molecule has 1 unspecified atom stereocenters. The Hall–Kier alpha value is -2.24. The number of hydrogen-bond donors (Lipinski definition) is 2. The minimum Gasteiger partial charge on any atom is -0.536 e. The SMILES string of the molecule is CCN1CCN(S(=O)N[C@@H](C)C(=O)C[C@H]2Cc3cccc(C)c3OB2O)C(=O)C1=O. The standard InChI is InChI=1S/C19H26BN3O6S/c1-4-22-8-9-23(19(26)18(22)25)30(28)21-13(3)16(24)11-15-10-14-7-5-6-12(2)17(14)29-20(15)27/h5-7,13,15,21,27H,4,8-11H2,1-3H3/t13-,15+,30?/m0/s1. The normalized spacial score (nSPS) is 21.2. The summed E-state index contributed by atoms with van der Waals surface area (Å²) in [5, 5.41) is 10.3. The van der Waals surface area contributed by atoms with Gasteiger partial charge in [0.1, 0.15) is 11.5 Å². The number of nitrogens with one attached hydrogen (secondary N) is 1. The Morgan fingerprint density at radius 1 is 1.37 bits per heavy atom. The van der Waals surface area contributed by atoms with E-state index in [1.807, 2.05) is 25.1 Å². The van der Waals surface area contributed by atoms with Gasteiger partial charge in [-0.05, 0) is 38.3 Å². The Balaban J connectivity index is 1.58. The van der Waals surface area contributed by atoms with E-state index < -0.39 is 42.0 Å². The molecule has 1 saturated heterocycles. The molecule has 1 aromatic rings. The van der Waals surface area contributed by atoms with Gasteiger partial charge in [0.25, 0.3) is 0 Å². The number of carbonyl (C=O) groups is 3. The Bertz CT molecular complexity index is 882. The van der Waals surface area contributed by atoms with Crippen LogP contribution in [0, 0.1) is 6.92 Å². The molecule has 2 aliphatic rings. The van der Waals surface area contributed by atoms with Crippen LogP contribution >= 0.6 is 0 Å². The fourth-order valence-electron chi connectivity index (χ4n) is 3.65. The maximum absolute atomic E-state index is 12.7. The van der Waals surface area contributed by atoms with Crippen molar-refractivity contribution in [2.45, 2.75) is 45.5 Å². The third kappa shape index (κ3) is 4.58. The molecule has 0 aromatic heterocycles. The van der Waals surface area contributed by atoms with Crippen molar-refractivity contribution in [2.75, 3.05) is 19.6 Å². The van der Waals surface area contributed by atoms with Crippen LogP contribution in [0.15, 0.2) is 18.2 Å². The molecule has 1 fully saturated rings. The molecule has 3 rings (SSSR count). The molecule has 0 aliphatic carbocycles. The summed E-state index contributed by atoms with van der Waals surface area (Å²) in [4.78, 5) is 38.2. The van der Waals surface area contributed by atoms with Gasteiger partial charge in [0.05, 0.1) is 12.6 Å². The summed E-state index contributed by atoms with van der Waals surface area (Å²) in [7, 11) is -1.11. The summed E-state index contributed by atoms with van der Waals surface area (Å²) < 4.78 is 21.7. The zero-order valence-electron chi connectivity index (χ0n) is 17.3. The number of carbonyl (C=O) groups excluding carboxylic acids is 3. The first-order valence-electron chi connectivity index (χ1n) is 9.97. The predicted molar refractivity (Wildman–Crippen MR) is 112 cm³/mol. The second-order valence-electron chi connectivity index (χ2n) is 7.59. The number of Topliss-reactive ketones (excluding diaryl/α,β-unsaturated/α-hetero) is 1. The highest BCUT2D eigenvalue weighted by atomic mass is 32.2. The largest absolute Gasteiger partial charge is 0.536 e. The number of rotatable bonds is 7. The van der Waals surface area contributed by atoms with Gasteiger partial charge in [-0.2, -0.15) is 0 Å². The van der Waals surface area contributed by atoms with Gasteiger partial charge in [-0.1, -0.05) is 18.2 Å². The van der Waals surface area contributed by atoms with Gasteiger partial charge in [-0.15, -0.1) is 0 Å². The molecule has 2 N–H and O–H groups in total. The molecule has 0 saturated carbocycles. The quantitative estimate of drug-likeness (QED) is 0.460. The van der Waals surface area contributed by atoms with Crippen LogP contribution in [0.5, 0.6) is 5.75 Å². The number of para-hydroxylation sites is 1. The Kier molecular flexibility index (Phi) is 6.94. The van der Waals surface area contributed by atoms with Gasteiger partial charge in [0.2, 0.25) is 0 Å². The highest BCUT2D eigenvalue weighted by Crippen LogP contribution is 2.35. The van der Waals surface area contributed by atoms with Crippen molar-refractivity contribution in [3.63, 3.8) is 0 Å². The number of likely N-dealkylation sites (N-methyl/N-ethyl adjacent to an activating group) is 1. The molecule has 30 heavy (non-hydrogen) atoms. The van der Waals surface area contributed by atoms with Crippen LogP contribution in [0.3, 0.4) is 0 Å². The number of hydrogen-bond acceptors (Lipinski definition) is 6. The van der Waals surface area contributed by atoms with Crippen LogP contribution < -0.4 is 9.38 Å². The Labute approximate surface area is 178 Å². The van der Waals surface area contributed by atoms with Crippen molar-refractivity contribution in [1.29, 1.82) is 0 Å². The Morgan fingerprint density at radius 2 is 2.10 bits per heavy atom. The van der Waals surface area contributed by atoms with E-state index in [4.69, 9.17) is 4.65 Å². The average molecular weight is 435 g/mol. The summed E-state index contributed by atoms with van der Waals surface area (Å²) in [5.74, 6) is -1.60. The van der Waals surface area contributed by atoms with Crippen LogP contribution in [-0.4, -0.2) is 68.8 Å². The summed E-state index contributed by atoms with van der Waals surface area (Å²) >= 11 is -2.01. The number of fused-ring (bicyclic) bond motifs is 1. The zero-order valence-corrected chi connectivity index (χ0v) is 18.1. The highest BCUT2D eigenvalue weighted by molar-refractivity contribution is 7.81. The molecule has 2 heterocycles. The van der Waals surface area contributed by atoms with Crippen molar-refractivity contribution in [3.8, 4) is 5.75 Å². The van der Waals surface area contributed by atoms with E-state index >= 15 is 0 Å². The summed E-state index contributed by atoms with van der Waals surface area (Å²) in [6.45, 7) is 6.03. The highest BCUT2D eigenvalue weighted by Gasteiger charge is 2.39. The smallest absolute Gasteiger partial charge is 0.526 e. The first kappa shape index (κ1) is 22.5. The predicted octanol–water partition coefficient (Wildman–Crippen LogP) is -0.0127.